The quantitative estimate of drug-likeness (QED) is 0.770. The van der Waals surface area contributed by atoms with Crippen molar-refractivity contribution >= 4 is 17.7 Å². The largest absolute Gasteiger partial charge is 0.353 e. The number of nitrogens with zero attached hydrogens (tertiary/aromatic N) is 3. The Hall–Kier alpha value is -1.08. The van der Waals surface area contributed by atoms with Gasteiger partial charge < -0.3 is 15.6 Å². The van der Waals surface area contributed by atoms with E-state index in [2.05, 4.69) is 15.5 Å². The van der Waals surface area contributed by atoms with Gasteiger partial charge in [0.05, 0.1) is 11.8 Å². The Morgan fingerprint density at radius 2 is 1.95 bits per heavy atom. The lowest BCUT2D eigenvalue weighted by atomic mass is 10.3. The Morgan fingerprint density at radius 3 is 2.42 bits per heavy atom. The summed E-state index contributed by atoms with van der Waals surface area (Å²) in [5, 5.41) is 11.6. The molecule has 1 unspecified atom stereocenters. The van der Waals surface area contributed by atoms with Crippen LogP contribution in [0.2, 0.25) is 0 Å². The first-order valence-electron chi connectivity index (χ1n) is 6.47. The van der Waals surface area contributed by atoms with Crippen LogP contribution >= 0.6 is 11.8 Å². The van der Waals surface area contributed by atoms with Crippen molar-refractivity contribution in [1.29, 1.82) is 0 Å². The van der Waals surface area contributed by atoms with E-state index >= 15 is 0 Å². The van der Waals surface area contributed by atoms with Crippen LogP contribution in [-0.4, -0.2) is 32.0 Å². The Morgan fingerprint density at radius 1 is 1.32 bits per heavy atom. The third kappa shape index (κ3) is 4.21. The lowest BCUT2D eigenvalue weighted by molar-refractivity contribution is -0.120. The predicted octanol–water partition coefficient (Wildman–Crippen LogP) is 1.32. The molecule has 0 aliphatic rings. The van der Waals surface area contributed by atoms with E-state index in [1.807, 2.05) is 39.2 Å². The molecule has 108 valence electrons. The first-order valence-corrected chi connectivity index (χ1v) is 7.35. The van der Waals surface area contributed by atoms with Crippen molar-refractivity contribution in [2.45, 2.75) is 63.7 Å². The zero-order valence-corrected chi connectivity index (χ0v) is 13.0. The molecule has 0 aromatic carbocycles. The van der Waals surface area contributed by atoms with Crippen LogP contribution in [0.4, 0.5) is 0 Å². The van der Waals surface area contributed by atoms with Crippen molar-refractivity contribution in [3.63, 3.8) is 0 Å². The molecule has 1 aromatic rings. The van der Waals surface area contributed by atoms with Crippen molar-refractivity contribution in [3.05, 3.63) is 5.82 Å². The maximum absolute atomic E-state index is 11.9. The summed E-state index contributed by atoms with van der Waals surface area (Å²) in [6.07, 6.45) is 0. The molecule has 0 saturated heterocycles. The van der Waals surface area contributed by atoms with Crippen molar-refractivity contribution in [1.82, 2.24) is 20.1 Å². The van der Waals surface area contributed by atoms with Gasteiger partial charge in [-0.1, -0.05) is 11.8 Å². The van der Waals surface area contributed by atoms with Crippen LogP contribution < -0.4 is 11.1 Å². The van der Waals surface area contributed by atoms with Crippen molar-refractivity contribution < 1.29 is 4.79 Å². The molecule has 0 spiro atoms. The number of aromatic nitrogens is 3. The topological polar surface area (TPSA) is 85.8 Å². The predicted molar refractivity (Wildman–Crippen MR) is 76.9 cm³/mol. The second kappa shape index (κ2) is 6.91. The lowest BCUT2D eigenvalue weighted by Gasteiger charge is -2.16. The Balaban J connectivity index is 2.82. The Kier molecular flexibility index (Phi) is 5.81. The van der Waals surface area contributed by atoms with Gasteiger partial charge in [0.2, 0.25) is 5.91 Å². The molecule has 1 atom stereocenters. The van der Waals surface area contributed by atoms with E-state index in [1.54, 1.807) is 0 Å². The van der Waals surface area contributed by atoms with Crippen LogP contribution in [0.15, 0.2) is 5.16 Å². The molecule has 1 aromatic heterocycles. The van der Waals surface area contributed by atoms with Gasteiger partial charge in [-0.15, -0.1) is 10.2 Å². The number of carbonyl (C=O) groups is 1. The summed E-state index contributed by atoms with van der Waals surface area (Å²) in [6, 6.07) is 0.356. The highest BCUT2D eigenvalue weighted by Gasteiger charge is 2.21. The van der Waals surface area contributed by atoms with E-state index in [0.29, 0.717) is 6.54 Å². The molecule has 0 fully saturated rings. The van der Waals surface area contributed by atoms with Crippen LogP contribution in [0.1, 0.15) is 46.5 Å². The molecule has 1 rings (SSSR count). The highest BCUT2D eigenvalue weighted by Crippen LogP contribution is 2.25. The molecule has 0 bridgehead atoms. The smallest absolute Gasteiger partial charge is 0.233 e. The molecule has 19 heavy (non-hydrogen) atoms. The van der Waals surface area contributed by atoms with Gasteiger partial charge in [0.25, 0.3) is 0 Å². The second-order valence-electron chi connectivity index (χ2n) is 4.99. The number of carbonyl (C=O) groups excluding carboxylic acids is 1. The van der Waals surface area contributed by atoms with E-state index in [0.717, 1.165) is 11.0 Å². The van der Waals surface area contributed by atoms with Crippen molar-refractivity contribution in [2.24, 2.45) is 5.73 Å². The minimum atomic E-state index is -0.213. The van der Waals surface area contributed by atoms with E-state index in [1.165, 1.54) is 11.8 Å². The Labute approximate surface area is 118 Å². The fourth-order valence-corrected chi connectivity index (χ4v) is 2.67. The van der Waals surface area contributed by atoms with E-state index in [-0.39, 0.29) is 23.2 Å². The molecule has 3 N–H and O–H groups in total. The van der Waals surface area contributed by atoms with E-state index < -0.39 is 0 Å². The first-order chi connectivity index (χ1) is 8.86. The summed E-state index contributed by atoms with van der Waals surface area (Å²) in [7, 11) is 0. The number of thioether (sulfide) groups is 1. The number of nitrogens with one attached hydrogen (secondary N) is 1. The lowest BCUT2D eigenvalue weighted by Crippen LogP contribution is -2.36. The minimum Gasteiger partial charge on any atom is -0.353 e. The summed E-state index contributed by atoms with van der Waals surface area (Å²) in [6.45, 7) is 10.2. The molecule has 1 heterocycles. The third-order valence-electron chi connectivity index (χ3n) is 2.52. The van der Waals surface area contributed by atoms with Crippen LogP contribution in [0.25, 0.3) is 0 Å². The summed E-state index contributed by atoms with van der Waals surface area (Å²) < 4.78 is 1.98. The van der Waals surface area contributed by atoms with Gasteiger partial charge in [0.1, 0.15) is 5.82 Å². The fraction of sp³-hybridized carbons (Fsp3) is 0.750. The van der Waals surface area contributed by atoms with Gasteiger partial charge in [-0.3, -0.25) is 4.79 Å². The monoisotopic (exact) mass is 285 g/mol. The SMILES string of the molecule is CC(C)NC(=O)C(C)Sc1nnc(CN)n1C(C)C. The number of hydrogen-bond acceptors (Lipinski definition) is 5. The zero-order valence-electron chi connectivity index (χ0n) is 12.2. The van der Waals surface area contributed by atoms with Crippen LogP contribution in [0.3, 0.4) is 0 Å². The molecule has 6 nitrogen and oxygen atoms in total. The highest BCUT2D eigenvalue weighted by atomic mass is 32.2. The zero-order chi connectivity index (χ0) is 14.6. The number of amides is 1. The molecule has 0 aliphatic heterocycles. The van der Waals surface area contributed by atoms with E-state index in [4.69, 9.17) is 5.73 Å². The van der Waals surface area contributed by atoms with Gasteiger partial charge in [-0.25, -0.2) is 0 Å². The van der Waals surface area contributed by atoms with Gasteiger partial charge in [-0.2, -0.15) is 0 Å². The number of nitrogens with two attached hydrogens (primary N) is 1. The fourth-order valence-electron chi connectivity index (χ4n) is 1.66. The summed E-state index contributed by atoms with van der Waals surface area (Å²) in [5.74, 6) is 0.751. The van der Waals surface area contributed by atoms with E-state index in [9.17, 15) is 4.79 Å². The maximum Gasteiger partial charge on any atom is 0.233 e. The van der Waals surface area contributed by atoms with Crippen LogP contribution in [-0.2, 0) is 11.3 Å². The standard InChI is InChI=1S/C12H23N5OS/c1-7(2)14-11(18)9(5)19-12-16-15-10(6-13)17(12)8(3)4/h7-9H,6,13H2,1-5H3,(H,14,18). The average molecular weight is 285 g/mol. The normalized spacial score (nSPS) is 13.1. The van der Waals surface area contributed by atoms with Gasteiger partial charge in [0, 0.05) is 12.1 Å². The molecule has 0 saturated carbocycles. The average Bonchev–Trinajstić information content (AvgIpc) is 2.70. The number of hydrogen-bond donors (Lipinski definition) is 2. The molecular formula is C12H23N5OS. The molecule has 7 heteroatoms. The molecule has 0 radical (unpaired) electrons. The second-order valence-corrected chi connectivity index (χ2v) is 6.30. The van der Waals surface area contributed by atoms with Crippen molar-refractivity contribution in [3.8, 4) is 0 Å². The minimum absolute atomic E-state index is 0.00704. The molecule has 1 amide bonds. The summed E-state index contributed by atoms with van der Waals surface area (Å²) in [4.78, 5) is 11.9. The first kappa shape index (κ1) is 16.0. The van der Waals surface area contributed by atoms with Crippen molar-refractivity contribution in [2.75, 3.05) is 0 Å². The third-order valence-corrected chi connectivity index (χ3v) is 3.57. The Bertz CT molecular complexity index is 430. The van der Waals surface area contributed by atoms with Gasteiger partial charge in [-0.05, 0) is 34.6 Å². The van der Waals surface area contributed by atoms with Crippen LogP contribution in [0.5, 0.6) is 0 Å². The summed E-state index contributed by atoms with van der Waals surface area (Å²) in [5.41, 5.74) is 5.65. The number of rotatable bonds is 6. The van der Waals surface area contributed by atoms with Gasteiger partial charge in [0.15, 0.2) is 5.16 Å². The molecular weight excluding hydrogens is 262 g/mol. The highest BCUT2D eigenvalue weighted by molar-refractivity contribution is 8.00. The molecule has 0 aliphatic carbocycles. The van der Waals surface area contributed by atoms with Gasteiger partial charge >= 0.3 is 0 Å². The van der Waals surface area contributed by atoms with Crippen LogP contribution in [0, 0.1) is 0 Å². The summed E-state index contributed by atoms with van der Waals surface area (Å²) >= 11 is 1.41. The maximum atomic E-state index is 11.9.